The molecule has 2 N–H and O–H groups in total. The van der Waals surface area contributed by atoms with Gasteiger partial charge in [-0.3, -0.25) is 5.32 Å². The first kappa shape index (κ1) is 19.9. The van der Waals surface area contributed by atoms with Crippen LogP contribution in [0.5, 0.6) is 0 Å². The molecule has 3 rings (SSSR count). The average Bonchev–Trinajstić information content (AvgIpc) is 2.57. The van der Waals surface area contributed by atoms with Crippen molar-refractivity contribution in [2.45, 2.75) is 18.4 Å². The number of carbonyl (C=O) groups is 1. The quantitative estimate of drug-likeness (QED) is 0.764. The lowest BCUT2D eigenvalue weighted by atomic mass is 9.92. The van der Waals surface area contributed by atoms with Crippen LogP contribution < -0.4 is 10.2 Å². The molecule has 1 aliphatic heterocycles. The summed E-state index contributed by atoms with van der Waals surface area (Å²) in [4.78, 5) is 12.5. The molecule has 2 aromatic rings. The molecule has 10 heteroatoms. The summed E-state index contributed by atoms with van der Waals surface area (Å²) in [6.45, 7) is -2.04. The molecule has 0 radical (unpaired) electrons. The van der Waals surface area contributed by atoms with Gasteiger partial charge in [-0.25, -0.2) is 13.6 Å². The first-order valence-corrected chi connectivity index (χ1v) is 8.10. The number of anilines is 2. The minimum Gasteiger partial charge on any atom is -0.444 e. The van der Waals surface area contributed by atoms with E-state index in [1.54, 1.807) is 30.3 Å². The van der Waals surface area contributed by atoms with Crippen LogP contribution in [-0.2, 0) is 11.3 Å². The van der Waals surface area contributed by atoms with E-state index in [4.69, 9.17) is 4.74 Å². The smallest absolute Gasteiger partial charge is 0.420 e. The van der Waals surface area contributed by atoms with Crippen LogP contribution in [0.25, 0.3) is 0 Å². The van der Waals surface area contributed by atoms with Gasteiger partial charge in [-0.1, -0.05) is 30.3 Å². The molecule has 0 aromatic heterocycles. The molecule has 1 amide bonds. The van der Waals surface area contributed by atoms with Crippen LogP contribution in [0.2, 0.25) is 0 Å². The molecule has 1 aliphatic rings. The predicted octanol–water partition coefficient (Wildman–Crippen LogP) is 3.83. The molecule has 1 fully saturated rings. The average molecular weight is 402 g/mol. The second-order valence-corrected chi connectivity index (χ2v) is 6.36. The fraction of sp³-hybridized carbons (Fsp3) is 0.278. The highest BCUT2D eigenvalue weighted by molar-refractivity contribution is 5.85. The Balaban J connectivity index is 1.63. The molecule has 150 valence electrons. The lowest BCUT2D eigenvalue weighted by Crippen LogP contribution is -2.69. The number of rotatable bonds is 4. The fourth-order valence-corrected chi connectivity index (χ4v) is 2.74. The number of alkyl halides is 3. The first-order chi connectivity index (χ1) is 13.1. The SMILES string of the molecule is O=C(Nc1cc(F)c(N2CC(O)(C(F)(F)F)C2)c(F)c1)OCc1ccccc1. The number of amides is 1. The third-order valence-corrected chi connectivity index (χ3v) is 4.22. The number of halogens is 5. The van der Waals surface area contributed by atoms with Crippen molar-refractivity contribution in [3.63, 3.8) is 0 Å². The number of ether oxygens (including phenoxy) is 1. The van der Waals surface area contributed by atoms with E-state index < -0.39 is 48.3 Å². The molecule has 0 aliphatic carbocycles. The van der Waals surface area contributed by atoms with Crippen LogP contribution in [0.1, 0.15) is 5.56 Å². The van der Waals surface area contributed by atoms with Crippen molar-refractivity contribution in [2.75, 3.05) is 23.3 Å². The summed E-state index contributed by atoms with van der Waals surface area (Å²) < 4.78 is 71.3. The van der Waals surface area contributed by atoms with Crippen LogP contribution in [0.3, 0.4) is 0 Å². The minimum atomic E-state index is -4.90. The molecular weight excluding hydrogens is 387 g/mol. The number of hydrogen-bond acceptors (Lipinski definition) is 4. The van der Waals surface area contributed by atoms with E-state index in [0.717, 1.165) is 17.0 Å². The van der Waals surface area contributed by atoms with Gasteiger partial charge in [-0.15, -0.1) is 0 Å². The fourth-order valence-electron chi connectivity index (χ4n) is 2.74. The van der Waals surface area contributed by atoms with E-state index in [0.29, 0.717) is 5.56 Å². The molecular formula is C18H15F5N2O3. The van der Waals surface area contributed by atoms with Gasteiger partial charge >= 0.3 is 12.3 Å². The van der Waals surface area contributed by atoms with Gasteiger partial charge in [-0.2, -0.15) is 13.2 Å². The number of β-amino-alcohol motifs (C(OH)–C–C–N with tert-alkyl or cyclic N) is 1. The second kappa shape index (κ2) is 7.27. The highest BCUT2D eigenvalue weighted by Gasteiger charge is 2.61. The van der Waals surface area contributed by atoms with Gasteiger partial charge in [0.15, 0.2) is 17.2 Å². The summed E-state index contributed by atoms with van der Waals surface area (Å²) in [7, 11) is 0. The van der Waals surface area contributed by atoms with Gasteiger partial charge < -0.3 is 14.7 Å². The van der Waals surface area contributed by atoms with E-state index in [9.17, 15) is 31.9 Å². The number of nitrogens with zero attached hydrogens (tertiary/aromatic N) is 1. The van der Waals surface area contributed by atoms with Crippen molar-refractivity contribution in [1.29, 1.82) is 0 Å². The van der Waals surface area contributed by atoms with E-state index in [2.05, 4.69) is 5.32 Å². The molecule has 0 bridgehead atoms. The van der Waals surface area contributed by atoms with Crippen LogP contribution in [0.4, 0.5) is 38.1 Å². The Bertz CT molecular complexity index is 844. The number of aliphatic hydroxyl groups is 1. The third-order valence-electron chi connectivity index (χ3n) is 4.22. The van der Waals surface area contributed by atoms with Crippen LogP contribution >= 0.6 is 0 Å². The highest BCUT2D eigenvalue weighted by atomic mass is 19.4. The van der Waals surface area contributed by atoms with Gasteiger partial charge in [0.2, 0.25) is 0 Å². The van der Waals surface area contributed by atoms with Crippen molar-refractivity contribution in [3.8, 4) is 0 Å². The highest BCUT2D eigenvalue weighted by Crippen LogP contribution is 2.41. The zero-order chi connectivity index (χ0) is 20.5. The third kappa shape index (κ3) is 4.01. The van der Waals surface area contributed by atoms with Crippen LogP contribution in [-0.4, -0.2) is 36.1 Å². The maximum atomic E-state index is 14.2. The van der Waals surface area contributed by atoms with Crippen molar-refractivity contribution < 1.29 is 36.6 Å². The van der Waals surface area contributed by atoms with Crippen molar-refractivity contribution in [3.05, 3.63) is 59.7 Å². The molecule has 2 aromatic carbocycles. The van der Waals surface area contributed by atoms with Crippen LogP contribution in [0.15, 0.2) is 42.5 Å². The maximum absolute atomic E-state index is 14.2. The summed E-state index contributed by atoms with van der Waals surface area (Å²) in [6, 6.07) is 10.2. The van der Waals surface area contributed by atoms with Crippen LogP contribution in [0, 0.1) is 11.6 Å². The lowest BCUT2D eigenvalue weighted by molar-refractivity contribution is -0.267. The van der Waals surface area contributed by atoms with E-state index in [-0.39, 0.29) is 12.3 Å². The molecule has 1 heterocycles. The minimum absolute atomic E-state index is 0.0560. The molecule has 0 saturated carbocycles. The van der Waals surface area contributed by atoms with E-state index >= 15 is 0 Å². The summed E-state index contributed by atoms with van der Waals surface area (Å²) >= 11 is 0. The summed E-state index contributed by atoms with van der Waals surface area (Å²) in [5.41, 5.74) is -3.27. The summed E-state index contributed by atoms with van der Waals surface area (Å²) in [5.74, 6) is -2.36. The number of carbonyl (C=O) groups excluding carboxylic acids is 1. The largest absolute Gasteiger partial charge is 0.444 e. The van der Waals surface area contributed by atoms with Gasteiger partial charge in [0, 0.05) is 5.69 Å². The Morgan fingerprint density at radius 1 is 1.14 bits per heavy atom. The Kier molecular flexibility index (Phi) is 5.16. The molecule has 0 atom stereocenters. The summed E-state index contributed by atoms with van der Waals surface area (Å²) in [6.07, 6.45) is -5.86. The van der Waals surface area contributed by atoms with Crippen molar-refractivity contribution >= 4 is 17.5 Å². The number of benzene rings is 2. The Labute approximate surface area is 156 Å². The maximum Gasteiger partial charge on any atom is 0.420 e. The number of nitrogens with one attached hydrogen (secondary N) is 1. The van der Waals surface area contributed by atoms with E-state index in [1.807, 2.05) is 0 Å². The summed E-state index contributed by atoms with van der Waals surface area (Å²) in [5, 5.41) is 11.5. The zero-order valence-electron chi connectivity index (χ0n) is 14.3. The Morgan fingerprint density at radius 3 is 2.25 bits per heavy atom. The van der Waals surface area contributed by atoms with Gasteiger partial charge in [0.25, 0.3) is 0 Å². The zero-order valence-corrected chi connectivity index (χ0v) is 14.3. The van der Waals surface area contributed by atoms with E-state index in [1.165, 1.54) is 0 Å². The normalized spacial score (nSPS) is 15.7. The van der Waals surface area contributed by atoms with Gasteiger partial charge in [-0.05, 0) is 17.7 Å². The number of hydrogen-bond donors (Lipinski definition) is 2. The van der Waals surface area contributed by atoms with Gasteiger partial charge in [0.05, 0.1) is 13.1 Å². The lowest BCUT2D eigenvalue weighted by Gasteiger charge is -2.48. The predicted molar refractivity (Wildman–Crippen MR) is 89.8 cm³/mol. The monoisotopic (exact) mass is 402 g/mol. The molecule has 0 spiro atoms. The Hall–Kier alpha value is -2.88. The topological polar surface area (TPSA) is 61.8 Å². The molecule has 5 nitrogen and oxygen atoms in total. The van der Waals surface area contributed by atoms with Crippen molar-refractivity contribution in [1.82, 2.24) is 0 Å². The van der Waals surface area contributed by atoms with Crippen molar-refractivity contribution in [2.24, 2.45) is 0 Å². The molecule has 0 unspecified atom stereocenters. The first-order valence-electron chi connectivity index (χ1n) is 8.10. The standard InChI is InChI=1S/C18H15F5N2O3/c19-13-6-12(24-16(26)28-8-11-4-2-1-3-5-11)7-14(20)15(13)25-9-17(27,10-25)18(21,22)23/h1-7,27H,8-10H2,(H,24,26). The van der Waals surface area contributed by atoms with Gasteiger partial charge in [0.1, 0.15) is 12.3 Å². The molecule has 1 saturated heterocycles. The second-order valence-electron chi connectivity index (χ2n) is 6.36. The Morgan fingerprint density at radius 2 is 1.71 bits per heavy atom. The molecule has 28 heavy (non-hydrogen) atoms.